The molecule has 0 radical (unpaired) electrons. The Hall–Kier alpha value is -2.82. The average molecular weight is 351 g/mol. The fourth-order valence-electron chi connectivity index (χ4n) is 3.02. The molecule has 26 heavy (non-hydrogen) atoms. The quantitative estimate of drug-likeness (QED) is 0.885. The molecule has 1 N–H and O–H groups in total. The first-order chi connectivity index (χ1) is 12.4. The smallest absolute Gasteiger partial charge is 0.325 e. The number of hydrogen-bond acceptors (Lipinski definition) is 2. The van der Waals surface area contributed by atoms with E-state index >= 15 is 0 Å². The molecule has 2 aromatic carbocycles. The van der Waals surface area contributed by atoms with E-state index in [0.717, 1.165) is 16.9 Å². The van der Waals surface area contributed by atoms with Crippen LogP contribution in [0.1, 0.15) is 30.9 Å². The van der Waals surface area contributed by atoms with Gasteiger partial charge >= 0.3 is 6.03 Å². The van der Waals surface area contributed by atoms with Crippen molar-refractivity contribution in [1.82, 2.24) is 4.90 Å². The molecule has 0 unspecified atom stereocenters. The van der Waals surface area contributed by atoms with Crippen LogP contribution in [0.2, 0.25) is 0 Å². The predicted octanol–water partition coefficient (Wildman–Crippen LogP) is 4.00. The van der Waals surface area contributed by atoms with Crippen molar-refractivity contribution in [3.63, 3.8) is 0 Å². The van der Waals surface area contributed by atoms with Gasteiger partial charge < -0.3 is 10.2 Å². The number of amides is 3. The predicted molar refractivity (Wildman–Crippen MR) is 105 cm³/mol. The second-order valence-corrected chi connectivity index (χ2v) is 7.02. The van der Waals surface area contributed by atoms with E-state index in [1.807, 2.05) is 55.5 Å². The number of rotatable bonds is 5. The normalized spacial score (nSPS) is 14.2. The number of nitrogens with zero attached hydrogens (tertiary/aromatic N) is 2. The minimum atomic E-state index is -0.179. The van der Waals surface area contributed by atoms with Crippen molar-refractivity contribution < 1.29 is 9.59 Å². The summed E-state index contributed by atoms with van der Waals surface area (Å²) < 4.78 is 0. The van der Waals surface area contributed by atoms with Gasteiger partial charge in [-0.1, -0.05) is 43.7 Å². The van der Waals surface area contributed by atoms with Gasteiger partial charge in [0.15, 0.2) is 0 Å². The number of carbonyl (C=O) groups excluding carboxylic acids is 2. The molecule has 0 spiro atoms. The van der Waals surface area contributed by atoms with Crippen molar-refractivity contribution >= 4 is 23.3 Å². The molecular weight excluding hydrogens is 326 g/mol. The summed E-state index contributed by atoms with van der Waals surface area (Å²) in [5.41, 5.74) is 4.00. The summed E-state index contributed by atoms with van der Waals surface area (Å²) >= 11 is 0. The molecule has 1 aliphatic heterocycles. The lowest BCUT2D eigenvalue weighted by molar-refractivity contribution is -0.116. The summed E-state index contributed by atoms with van der Waals surface area (Å²) in [6.45, 7) is 7.48. The van der Waals surface area contributed by atoms with Gasteiger partial charge in [-0.15, -0.1) is 0 Å². The molecular formula is C21H25N3O2. The largest absolute Gasteiger partial charge is 0.325 e. The van der Waals surface area contributed by atoms with Crippen LogP contribution in [-0.2, 0) is 4.79 Å². The first-order valence-electron chi connectivity index (χ1n) is 8.97. The Balaban J connectivity index is 1.58. The van der Waals surface area contributed by atoms with Gasteiger partial charge in [0.25, 0.3) is 0 Å². The minimum absolute atomic E-state index is 0.0626. The molecule has 0 saturated carbocycles. The second kappa shape index (κ2) is 7.60. The van der Waals surface area contributed by atoms with Crippen LogP contribution in [0.15, 0.2) is 48.5 Å². The monoisotopic (exact) mass is 351 g/mol. The third-order valence-corrected chi connectivity index (χ3v) is 4.64. The van der Waals surface area contributed by atoms with Crippen LogP contribution in [0.25, 0.3) is 0 Å². The molecule has 0 bridgehead atoms. The van der Waals surface area contributed by atoms with Gasteiger partial charge in [0.1, 0.15) is 6.54 Å². The van der Waals surface area contributed by atoms with E-state index in [9.17, 15) is 9.59 Å². The summed E-state index contributed by atoms with van der Waals surface area (Å²) in [4.78, 5) is 28.2. The highest BCUT2D eigenvalue weighted by atomic mass is 16.2. The Kier molecular flexibility index (Phi) is 5.26. The molecule has 5 heteroatoms. The number of benzene rings is 2. The molecule has 1 heterocycles. The molecule has 0 atom stereocenters. The Bertz CT molecular complexity index is 782. The van der Waals surface area contributed by atoms with Crippen LogP contribution in [0.5, 0.6) is 0 Å². The zero-order chi connectivity index (χ0) is 18.7. The van der Waals surface area contributed by atoms with Crippen molar-refractivity contribution in [2.45, 2.75) is 26.7 Å². The number of anilines is 2. The molecule has 1 saturated heterocycles. The van der Waals surface area contributed by atoms with Crippen molar-refractivity contribution in [2.24, 2.45) is 0 Å². The van der Waals surface area contributed by atoms with Crippen LogP contribution in [0.4, 0.5) is 16.2 Å². The summed E-state index contributed by atoms with van der Waals surface area (Å²) in [6, 6.07) is 15.5. The van der Waals surface area contributed by atoms with Crippen LogP contribution in [-0.4, -0.2) is 36.5 Å². The number of nitrogens with one attached hydrogen (secondary N) is 1. The van der Waals surface area contributed by atoms with E-state index < -0.39 is 0 Å². The van der Waals surface area contributed by atoms with Gasteiger partial charge in [0, 0.05) is 24.5 Å². The third kappa shape index (κ3) is 4.04. The minimum Gasteiger partial charge on any atom is -0.325 e. The zero-order valence-corrected chi connectivity index (χ0v) is 15.5. The lowest BCUT2D eigenvalue weighted by Gasteiger charge is -2.18. The van der Waals surface area contributed by atoms with Crippen molar-refractivity contribution in [3.05, 3.63) is 59.7 Å². The van der Waals surface area contributed by atoms with Gasteiger partial charge in [0.2, 0.25) is 5.91 Å². The van der Waals surface area contributed by atoms with E-state index in [1.165, 1.54) is 5.56 Å². The Morgan fingerprint density at radius 2 is 1.69 bits per heavy atom. The van der Waals surface area contributed by atoms with E-state index in [-0.39, 0.29) is 18.5 Å². The lowest BCUT2D eigenvalue weighted by atomic mass is 10.0. The molecule has 2 aromatic rings. The molecule has 3 amide bonds. The summed E-state index contributed by atoms with van der Waals surface area (Å²) in [6.07, 6.45) is 0. The van der Waals surface area contributed by atoms with E-state index in [0.29, 0.717) is 19.0 Å². The number of carbonyl (C=O) groups is 2. The molecule has 0 aromatic heterocycles. The molecule has 1 aliphatic rings. The van der Waals surface area contributed by atoms with Gasteiger partial charge in [-0.3, -0.25) is 9.69 Å². The van der Waals surface area contributed by atoms with E-state index in [2.05, 4.69) is 19.2 Å². The Morgan fingerprint density at radius 1 is 1.04 bits per heavy atom. The zero-order valence-electron chi connectivity index (χ0n) is 15.5. The van der Waals surface area contributed by atoms with Crippen LogP contribution in [0, 0.1) is 6.92 Å². The Labute approximate surface area is 154 Å². The maximum atomic E-state index is 12.6. The van der Waals surface area contributed by atoms with Gasteiger partial charge in [-0.05, 0) is 42.7 Å². The van der Waals surface area contributed by atoms with Crippen molar-refractivity contribution in [2.75, 3.05) is 29.9 Å². The lowest BCUT2D eigenvalue weighted by Crippen LogP contribution is -2.37. The maximum Gasteiger partial charge on any atom is 0.325 e. The maximum absolute atomic E-state index is 12.6. The molecule has 1 fully saturated rings. The number of urea groups is 1. The fraction of sp³-hybridized carbons (Fsp3) is 0.333. The fourth-order valence-corrected chi connectivity index (χ4v) is 3.02. The van der Waals surface area contributed by atoms with E-state index in [1.54, 1.807) is 9.80 Å². The SMILES string of the molecule is Cc1ccc(N2CCN(CC(=O)Nc3ccc(C(C)C)cc3)C2=O)cc1. The topological polar surface area (TPSA) is 52.6 Å². The molecule has 3 rings (SSSR count). The highest BCUT2D eigenvalue weighted by molar-refractivity contribution is 5.99. The standard InChI is InChI=1S/C21H25N3O2/c1-15(2)17-6-8-18(9-7-17)22-20(25)14-23-12-13-24(21(23)26)19-10-4-16(3)5-11-19/h4-11,15H,12-14H2,1-3H3,(H,22,25). The molecule has 136 valence electrons. The van der Waals surface area contributed by atoms with Gasteiger partial charge in [-0.2, -0.15) is 0 Å². The second-order valence-electron chi connectivity index (χ2n) is 7.02. The van der Waals surface area contributed by atoms with Crippen LogP contribution < -0.4 is 10.2 Å². The average Bonchev–Trinajstić information content (AvgIpc) is 2.97. The van der Waals surface area contributed by atoms with Crippen LogP contribution >= 0.6 is 0 Å². The first-order valence-corrected chi connectivity index (χ1v) is 8.97. The summed E-state index contributed by atoms with van der Waals surface area (Å²) in [7, 11) is 0. The first kappa shape index (κ1) is 18.0. The summed E-state index contributed by atoms with van der Waals surface area (Å²) in [5.74, 6) is 0.274. The third-order valence-electron chi connectivity index (χ3n) is 4.64. The number of hydrogen-bond donors (Lipinski definition) is 1. The molecule has 5 nitrogen and oxygen atoms in total. The highest BCUT2D eigenvalue weighted by Crippen LogP contribution is 2.21. The summed E-state index contributed by atoms with van der Waals surface area (Å²) in [5, 5.41) is 2.87. The van der Waals surface area contributed by atoms with Crippen molar-refractivity contribution in [1.29, 1.82) is 0 Å². The van der Waals surface area contributed by atoms with E-state index in [4.69, 9.17) is 0 Å². The van der Waals surface area contributed by atoms with Crippen LogP contribution in [0.3, 0.4) is 0 Å². The Morgan fingerprint density at radius 3 is 2.31 bits per heavy atom. The molecule has 0 aliphatic carbocycles. The van der Waals surface area contributed by atoms with Gasteiger partial charge in [-0.25, -0.2) is 4.79 Å². The van der Waals surface area contributed by atoms with Gasteiger partial charge in [0.05, 0.1) is 0 Å². The number of aryl methyl sites for hydroxylation is 1. The van der Waals surface area contributed by atoms with Crippen molar-refractivity contribution in [3.8, 4) is 0 Å². The highest BCUT2D eigenvalue weighted by Gasteiger charge is 2.30.